The molecule has 1 amide bonds. The molecule has 0 radical (unpaired) electrons. The Balaban J connectivity index is 1.95. The van der Waals surface area contributed by atoms with Crippen LogP contribution in [0.4, 0.5) is 0 Å². The minimum absolute atomic E-state index is 0.175. The molecule has 19 heavy (non-hydrogen) atoms. The van der Waals surface area contributed by atoms with Gasteiger partial charge >= 0.3 is 0 Å². The van der Waals surface area contributed by atoms with E-state index in [9.17, 15) is 4.79 Å². The lowest BCUT2D eigenvalue weighted by atomic mass is 10.1. The predicted octanol–water partition coefficient (Wildman–Crippen LogP) is 2.79. The number of thiophene rings is 1. The third-order valence-corrected chi connectivity index (χ3v) is 5.08. The number of rotatable bonds is 2. The van der Waals surface area contributed by atoms with E-state index in [0.717, 1.165) is 23.5 Å². The Morgan fingerprint density at radius 3 is 3.05 bits per heavy atom. The predicted molar refractivity (Wildman–Crippen MR) is 79.9 cm³/mol. The molecule has 2 aromatic rings. The highest BCUT2D eigenvalue weighted by atomic mass is 35.5. The van der Waals surface area contributed by atoms with Crippen molar-refractivity contribution in [1.29, 1.82) is 0 Å². The molecule has 2 heterocycles. The number of halogens is 1. The Hall–Kier alpha value is -1.10. The second-order valence-electron chi connectivity index (χ2n) is 4.76. The molecule has 100 valence electrons. The number of nitrogens with zero attached hydrogens (tertiary/aromatic N) is 1. The van der Waals surface area contributed by atoms with Gasteiger partial charge < -0.3 is 10.2 Å². The van der Waals surface area contributed by atoms with Crippen LogP contribution in [0.3, 0.4) is 0 Å². The van der Waals surface area contributed by atoms with Crippen molar-refractivity contribution in [1.82, 2.24) is 10.2 Å². The van der Waals surface area contributed by atoms with Crippen LogP contribution in [0.5, 0.6) is 0 Å². The number of carbonyl (C=O) groups is 1. The zero-order valence-corrected chi connectivity index (χ0v) is 12.3. The van der Waals surface area contributed by atoms with Crippen LogP contribution in [0, 0.1) is 6.92 Å². The molecule has 0 aliphatic carbocycles. The van der Waals surface area contributed by atoms with Crippen LogP contribution in [0.15, 0.2) is 18.2 Å². The minimum atomic E-state index is 0.175. The summed E-state index contributed by atoms with van der Waals surface area (Å²) in [4.78, 5) is 15.0. The van der Waals surface area contributed by atoms with Crippen LogP contribution in [-0.2, 0) is 11.3 Å². The van der Waals surface area contributed by atoms with Crippen LogP contribution in [-0.4, -0.2) is 30.4 Å². The quantitative estimate of drug-likeness (QED) is 0.924. The molecule has 1 saturated heterocycles. The number of fused-ring (bicyclic) bond motifs is 1. The van der Waals surface area contributed by atoms with Gasteiger partial charge in [-0.1, -0.05) is 17.7 Å². The van der Waals surface area contributed by atoms with Gasteiger partial charge in [0.25, 0.3) is 0 Å². The summed E-state index contributed by atoms with van der Waals surface area (Å²) in [6, 6.07) is 5.98. The monoisotopic (exact) mass is 294 g/mol. The van der Waals surface area contributed by atoms with E-state index in [0.29, 0.717) is 13.1 Å². The zero-order valence-electron chi connectivity index (χ0n) is 10.7. The van der Waals surface area contributed by atoms with Gasteiger partial charge in [0.05, 0.1) is 13.1 Å². The molecule has 0 saturated carbocycles. The number of hydrogen-bond donors (Lipinski definition) is 1. The fourth-order valence-corrected chi connectivity index (χ4v) is 4.06. The van der Waals surface area contributed by atoms with Crippen molar-refractivity contribution < 1.29 is 4.79 Å². The van der Waals surface area contributed by atoms with Crippen molar-refractivity contribution in [2.24, 2.45) is 0 Å². The van der Waals surface area contributed by atoms with Crippen LogP contribution in [0.2, 0.25) is 5.02 Å². The van der Waals surface area contributed by atoms with Gasteiger partial charge in [0.2, 0.25) is 5.91 Å². The van der Waals surface area contributed by atoms with Gasteiger partial charge in [0.1, 0.15) is 0 Å². The first-order valence-corrected chi connectivity index (χ1v) is 7.51. The summed E-state index contributed by atoms with van der Waals surface area (Å²) in [5.41, 5.74) is 1.21. The molecule has 0 bridgehead atoms. The van der Waals surface area contributed by atoms with Crippen molar-refractivity contribution in [2.45, 2.75) is 13.5 Å². The van der Waals surface area contributed by atoms with Crippen molar-refractivity contribution in [3.8, 4) is 0 Å². The highest BCUT2D eigenvalue weighted by Gasteiger charge is 2.20. The second kappa shape index (κ2) is 5.12. The molecular formula is C14H15ClN2OS. The maximum absolute atomic E-state index is 11.8. The van der Waals surface area contributed by atoms with Gasteiger partial charge in [-0.05, 0) is 24.6 Å². The van der Waals surface area contributed by atoms with Crippen molar-refractivity contribution in [2.75, 3.05) is 19.6 Å². The van der Waals surface area contributed by atoms with Gasteiger partial charge in [0.15, 0.2) is 0 Å². The lowest BCUT2D eigenvalue weighted by Crippen LogP contribution is -2.47. The van der Waals surface area contributed by atoms with Crippen molar-refractivity contribution in [3.63, 3.8) is 0 Å². The van der Waals surface area contributed by atoms with Gasteiger partial charge in [-0.15, -0.1) is 11.3 Å². The Morgan fingerprint density at radius 2 is 2.32 bits per heavy atom. The smallest absolute Gasteiger partial charge is 0.236 e. The van der Waals surface area contributed by atoms with E-state index in [1.54, 1.807) is 11.3 Å². The summed E-state index contributed by atoms with van der Waals surface area (Å²) in [5, 5.41) is 5.02. The molecule has 1 fully saturated rings. The highest BCUT2D eigenvalue weighted by molar-refractivity contribution is 7.19. The Bertz CT molecular complexity index is 638. The number of nitrogens with one attached hydrogen (secondary N) is 1. The molecule has 0 atom stereocenters. The number of benzene rings is 1. The number of hydrogen-bond acceptors (Lipinski definition) is 3. The second-order valence-corrected chi connectivity index (χ2v) is 6.30. The maximum atomic E-state index is 11.8. The van der Waals surface area contributed by atoms with Gasteiger partial charge in [-0.25, -0.2) is 0 Å². The Morgan fingerprint density at radius 1 is 1.47 bits per heavy atom. The fourth-order valence-electron chi connectivity index (χ4n) is 2.44. The summed E-state index contributed by atoms with van der Waals surface area (Å²) in [6.45, 7) is 4.89. The van der Waals surface area contributed by atoms with Gasteiger partial charge in [0, 0.05) is 33.1 Å². The molecule has 1 aromatic heterocycles. The summed E-state index contributed by atoms with van der Waals surface area (Å²) in [6.07, 6.45) is 0. The fraction of sp³-hybridized carbons (Fsp3) is 0.357. The zero-order chi connectivity index (χ0) is 13.4. The minimum Gasteiger partial charge on any atom is -0.335 e. The van der Waals surface area contributed by atoms with E-state index in [1.807, 2.05) is 17.0 Å². The van der Waals surface area contributed by atoms with Gasteiger partial charge in [-0.2, -0.15) is 0 Å². The topological polar surface area (TPSA) is 32.3 Å². The third-order valence-electron chi connectivity index (χ3n) is 3.52. The molecular weight excluding hydrogens is 280 g/mol. The first-order chi connectivity index (χ1) is 9.16. The van der Waals surface area contributed by atoms with E-state index in [-0.39, 0.29) is 5.91 Å². The van der Waals surface area contributed by atoms with Crippen LogP contribution < -0.4 is 5.32 Å². The molecule has 0 spiro atoms. The molecule has 1 aliphatic heterocycles. The number of carbonyl (C=O) groups excluding carboxylic acids is 1. The molecule has 0 unspecified atom stereocenters. The molecule has 1 N–H and O–H groups in total. The van der Waals surface area contributed by atoms with E-state index >= 15 is 0 Å². The standard InChI is InChI=1S/C14H15ClN2OS/c1-9-12(8-17-6-5-16-7-13(17)18)19-11-4-2-3-10(15)14(9)11/h2-4,16H,5-8H2,1H3. The van der Waals surface area contributed by atoms with Crippen LogP contribution in [0.25, 0.3) is 10.1 Å². The van der Waals surface area contributed by atoms with E-state index in [4.69, 9.17) is 11.6 Å². The highest BCUT2D eigenvalue weighted by Crippen LogP contribution is 2.36. The molecule has 3 rings (SSSR count). The molecule has 3 nitrogen and oxygen atoms in total. The molecule has 1 aromatic carbocycles. The SMILES string of the molecule is Cc1c(CN2CCNCC2=O)sc2cccc(Cl)c12. The Labute approximate surface area is 121 Å². The summed E-state index contributed by atoms with van der Waals surface area (Å²) >= 11 is 8.00. The first-order valence-electron chi connectivity index (χ1n) is 6.32. The first kappa shape index (κ1) is 12.9. The van der Waals surface area contributed by atoms with Crippen LogP contribution >= 0.6 is 22.9 Å². The lowest BCUT2D eigenvalue weighted by Gasteiger charge is -2.27. The maximum Gasteiger partial charge on any atom is 0.236 e. The number of piperazine rings is 1. The number of amides is 1. The van der Waals surface area contributed by atoms with Crippen LogP contribution in [0.1, 0.15) is 10.4 Å². The van der Waals surface area contributed by atoms with E-state index in [2.05, 4.69) is 18.3 Å². The third kappa shape index (κ3) is 2.36. The van der Waals surface area contributed by atoms with Gasteiger partial charge in [-0.3, -0.25) is 4.79 Å². The van der Waals surface area contributed by atoms with E-state index in [1.165, 1.54) is 15.1 Å². The molecule has 1 aliphatic rings. The summed E-state index contributed by atoms with van der Waals surface area (Å²) in [5.74, 6) is 0.175. The largest absolute Gasteiger partial charge is 0.335 e. The lowest BCUT2D eigenvalue weighted by molar-refractivity contribution is -0.132. The van der Waals surface area contributed by atoms with Crippen molar-refractivity contribution in [3.05, 3.63) is 33.7 Å². The average molecular weight is 295 g/mol. The molecule has 5 heteroatoms. The summed E-state index contributed by atoms with van der Waals surface area (Å²) < 4.78 is 1.20. The summed E-state index contributed by atoms with van der Waals surface area (Å²) in [7, 11) is 0. The Kier molecular flexibility index (Phi) is 3.48. The van der Waals surface area contributed by atoms with Crippen molar-refractivity contribution >= 4 is 38.9 Å². The average Bonchev–Trinajstić information content (AvgIpc) is 2.71. The number of aryl methyl sites for hydroxylation is 1. The normalized spacial score (nSPS) is 16.3. The van der Waals surface area contributed by atoms with E-state index < -0.39 is 0 Å².